The zero-order valence-electron chi connectivity index (χ0n) is 14.4. The van der Waals surface area contributed by atoms with Crippen molar-refractivity contribution in [3.8, 4) is 5.69 Å². The van der Waals surface area contributed by atoms with E-state index in [1.165, 1.54) is 4.90 Å². The van der Waals surface area contributed by atoms with E-state index in [2.05, 4.69) is 10.1 Å². The van der Waals surface area contributed by atoms with Crippen LogP contribution in [0.3, 0.4) is 0 Å². The lowest BCUT2D eigenvalue weighted by Gasteiger charge is -2.32. The molecule has 0 saturated carbocycles. The summed E-state index contributed by atoms with van der Waals surface area (Å²) >= 11 is 6.28. The molecule has 26 heavy (non-hydrogen) atoms. The number of piperidine rings is 1. The second-order valence-electron chi connectivity index (χ2n) is 6.09. The fourth-order valence-corrected chi connectivity index (χ4v) is 3.36. The highest BCUT2D eigenvalue weighted by Crippen LogP contribution is 2.29. The van der Waals surface area contributed by atoms with Crippen molar-refractivity contribution in [3.63, 3.8) is 0 Å². The van der Waals surface area contributed by atoms with Gasteiger partial charge in [-0.2, -0.15) is 5.10 Å². The molecule has 138 valence electrons. The van der Waals surface area contributed by atoms with Gasteiger partial charge >= 0.3 is 6.09 Å². The first-order valence-electron chi connectivity index (χ1n) is 8.46. The Morgan fingerprint density at radius 2 is 2.12 bits per heavy atom. The lowest BCUT2D eigenvalue weighted by Crippen LogP contribution is -2.44. The molecule has 8 nitrogen and oxygen atoms in total. The number of amides is 2. The SMILES string of the molecule is CCN(C(=O)C1CCN(C(=O)O)CC1)c1cn(-c2cccnc2)nc1Cl. The third kappa shape index (κ3) is 3.65. The molecule has 0 unspecified atom stereocenters. The van der Waals surface area contributed by atoms with Crippen LogP contribution < -0.4 is 4.90 Å². The van der Waals surface area contributed by atoms with E-state index in [9.17, 15) is 9.59 Å². The first kappa shape index (κ1) is 18.2. The normalized spacial score (nSPS) is 15.1. The summed E-state index contributed by atoms with van der Waals surface area (Å²) in [5.41, 5.74) is 1.29. The van der Waals surface area contributed by atoms with Gasteiger partial charge in [0, 0.05) is 31.7 Å². The van der Waals surface area contributed by atoms with Crippen molar-refractivity contribution in [3.05, 3.63) is 35.9 Å². The molecule has 1 saturated heterocycles. The largest absolute Gasteiger partial charge is 0.465 e. The molecular formula is C17H20ClN5O3. The topological polar surface area (TPSA) is 91.6 Å². The van der Waals surface area contributed by atoms with Crippen LogP contribution in [0.1, 0.15) is 19.8 Å². The van der Waals surface area contributed by atoms with E-state index in [1.807, 2.05) is 13.0 Å². The van der Waals surface area contributed by atoms with Crippen LogP contribution in [-0.2, 0) is 4.79 Å². The third-order valence-electron chi connectivity index (χ3n) is 4.55. The summed E-state index contributed by atoms with van der Waals surface area (Å²) in [6, 6.07) is 3.64. The van der Waals surface area contributed by atoms with Gasteiger partial charge in [0.05, 0.1) is 18.1 Å². The van der Waals surface area contributed by atoms with Crippen molar-refractivity contribution in [1.82, 2.24) is 19.7 Å². The summed E-state index contributed by atoms with van der Waals surface area (Å²) in [4.78, 5) is 31.0. The Hall–Kier alpha value is -2.61. The molecule has 0 aliphatic carbocycles. The van der Waals surface area contributed by atoms with Crippen LogP contribution in [0.25, 0.3) is 5.69 Å². The maximum absolute atomic E-state index is 13.0. The lowest BCUT2D eigenvalue weighted by molar-refractivity contribution is -0.123. The van der Waals surface area contributed by atoms with Crippen LogP contribution in [-0.4, -0.2) is 56.4 Å². The molecule has 0 aromatic carbocycles. The van der Waals surface area contributed by atoms with Crippen LogP contribution >= 0.6 is 11.6 Å². The molecule has 0 spiro atoms. The highest BCUT2D eigenvalue weighted by Gasteiger charge is 2.31. The number of carboxylic acid groups (broad SMARTS) is 1. The molecule has 2 aromatic heterocycles. The predicted octanol–water partition coefficient (Wildman–Crippen LogP) is 2.66. The smallest absolute Gasteiger partial charge is 0.407 e. The molecule has 1 aliphatic heterocycles. The zero-order valence-corrected chi connectivity index (χ0v) is 15.1. The Morgan fingerprint density at radius 1 is 1.38 bits per heavy atom. The molecule has 2 amide bonds. The summed E-state index contributed by atoms with van der Waals surface area (Å²) < 4.78 is 1.59. The third-order valence-corrected chi connectivity index (χ3v) is 4.82. The zero-order chi connectivity index (χ0) is 18.7. The van der Waals surface area contributed by atoms with Crippen LogP contribution in [0, 0.1) is 5.92 Å². The van der Waals surface area contributed by atoms with Gasteiger partial charge < -0.3 is 14.9 Å². The van der Waals surface area contributed by atoms with E-state index in [4.69, 9.17) is 16.7 Å². The van der Waals surface area contributed by atoms with E-state index >= 15 is 0 Å². The van der Waals surface area contributed by atoms with Crippen LogP contribution in [0.5, 0.6) is 0 Å². The number of anilines is 1. The molecular weight excluding hydrogens is 358 g/mol. The summed E-state index contributed by atoms with van der Waals surface area (Å²) in [7, 11) is 0. The number of halogens is 1. The monoisotopic (exact) mass is 377 g/mol. The molecule has 0 atom stereocenters. The van der Waals surface area contributed by atoms with Gasteiger partial charge in [-0.3, -0.25) is 9.78 Å². The van der Waals surface area contributed by atoms with Gasteiger partial charge in [-0.1, -0.05) is 11.6 Å². The molecule has 0 bridgehead atoms. The van der Waals surface area contributed by atoms with Gasteiger partial charge in [0.25, 0.3) is 0 Å². The Kier molecular flexibility index (Phi) is 5.41. The molecule has 3 rings (SSSR count). The fraction of sp³-hybridized carbons (Fsp3) is 0.412. The van der Waals surface area contributed by atoms with E-state index in [1.54, 1.807) is 34.2 Å². The summed E-state index contributed by atoms with van der Waals surface area (Å²) in [6.45, 7) is 3.07. The fourth-order valence-electron chi connectivity index (χ4n) is 3.13. The van der Waals surface area contributed by atoms with Crippen molar-refractivity contribution < 1.29 is 14.7 Å². The maximum atomic E-state index is 13.0. The summed E-state index contributed by atoms with van der Waals surface area (Å²) in [6.07, 6.45) is 5.12. The molecule has 1 N–H and O–H groups in total. The minimum atomic E-state index is -0.941. The van der Waals surface area contributed by atoms with Gasteiger partial charge in [-0.15, -0.1) is 0 Å². The first-order valence-corrected chi connectivity index (χ1v) is 8.84. The molecule has 1 fully saturated rings. The van der Waals surface area contributed by atoms with Crippen molar-refractivity contribution in [1.29, 1.82) is 0 Å². The average Bonchev–Trinajstić information content (AvgIpc) is 3.04. The van der Waals surface area contributed by atoms with Crippen molar-refractivity contribution in [2.45, 2.75) is 19.8 Å². The number of carbonyl (C=O) groups excluding carboxylic acids is 1. The Balaban J connectivity index is 1.78. The second-order valence-corrected chi connectivity index (χ2v) is 6.45. The summed E-state index contributed by atoms with van der Waals surface area (Å²) in [5.74, 6) is -0.270. The molecule has 3 heterocycles. The molecule has 2 aromatic rings. The van der Waals surface area contributed by atoms with Gasteiger partial charge in [0.2, 0.25) is 5.91 Å². The minimum Gasteiger partial charge on any atom is -0.465 e. The Bertz CT molecular complexity index is 787. The quantitative estimate of drug-likeness (QED) is 0.884. The lowest BCUT2D eigenvalue weighted by atomic mass is 9.95. The molecule has 1 aliphatic rings. The Morgan fingerprint density at radius 3 is 2.69 bits per heavy atom. The van der Waals surface area contributed by atoms with Crippen LogP contribution in [0.15, 0.2) is 30.7 Å². The van der Waals surface area contributed by atoms with E-state index in [-0.39, 0.29) is 17.0 Å². The Labute approximate surface area is 156 Å². The van der Waals surface area contributed by atoms with Gasteiger partial charge in [0.15, 0.2) is 5.15 Å². The highest BCUT2D eigenvalue weighted by atomic mass is 35.5. The van der Waals surface area contributed by atoms with Crippen LogP contribution in [0.2, 0.25) is 5.15 Å². The summed E-state index contributed by atoms with van der Waals surface area (Å²) in [5, 5.41) is 13.6. The second kappa shape index (κ2) is 7.74. The van der Waals surface area contributed by atoms with Gasteiger partial charge in [-0.25, -0.2) is 9.48 Å². The van der Waals surface area contributed by atoms with Crippen LogP contribution in [0.4, 0.5) is 10.5 Å². The van der Waals surface area contributed by atoms with E-state index in [0.717, 1.165) is 5.69 Å². The highest BCUT2D eigenvalue weighted by molar-refractivity contribution is 6.32. The van der Waals surface area contributed by atoms with Crippen molar-refractivity contribution in [2.24, 2.45) is 5.92 Å². The molecule has 0 radical (unpaired) electrons. The maximum Gasteiger partial charge on any atom is 0.407 e. The number of aromatic nitrogens is 3. The number of nitrogens with zero attached hydrogens (tertiary/aromatic N) is 5. The standard InChI is InChI=1S/C17H20ClN5O3/c1-2-22(16(24)12-5-8-21(9-6-12)17(25)26)14-11-23(20-15(14)18)13-4-3-7-19-10-13/h3-4,7,10-12H,2,5-6,8-9H2,1H3,(H,25,26). The van der Waals surface area contributed by atoms with E-state index in [0.29, 0.717) is 38.2 Å². The number of pyridine rings is 1. The number of rotatable bonds is 4. The van der Waals surface area contributed by atoms with Crippen molar-refractivity contribution in [2.75, 3.05) is 24.5 Å². The number of carbonyl (C=O) groups is 2. The number of hydrogen-bond acceptors (Lipinski definition) is 4. The first-order chi connectivity index (χ1) is 12.5. The van der Waals surface area contributed by atoms with E-state index < -0.39 is 6.09 Å². The average molecular weight is 378 g/mol. The number of hydrogen-bond donors (Lipinski definition) is 1. The predicted molar refractivity (Wildman–Crippen MR) is 96.7 cm³/mol. The van der Waals surface area contributed by atoms with Gasteiger partial charge in [-0.05, 0) is 31.9 Å². The minimum absolute atomic E-state index is 0.0508. The number of likely N-dealkylation sites (tertiary alicyclic amines) is 1. The van der Waals surface area contributed by atoms with Gasteiger partial charge in [0.1, 0.15) is 5.69 Å². The van der Waals surface area contributed by atoms with Crippen molar-refractivity contribution >= 4 is 29.3 Å². The molecule has 9 heteroatoms.